The third-order valence-electron chi connectivity index (χ3n) is 2.14. The van der Waals surface area contributed by atoms with Crippen LogP contribution < -0.4 is 5.32 Å². The maximum Gasteiger partial charge on any atom is 0.126 e. The normalized spacial score (nSPS) is 10.8. The number of aromatic nitrogens is 1. The van der Waals surface area contributed by atoms with Crippen LogP contribution in [-0.2, 0) is 0 Å². The van der Waals surface area contributed by atoms with Crippen molar-refractivity contribution in [2.24, 2.45) is 0 Å². The minimum Gasteiger partial charge on any atom is -0.465 e. The Kier molecular flexibility index (Phi) is 3.38. The Morgan fingerprint density at radius 3 is 3.00 bits per heavy atom. The summed E-state index contributed by atoms with van der Waals surface area (Å²) in [5.41, 5.74) is 1.16. The highest BCUT2D eigenvalue weighted by Crippen LogP contribution is 2.04. The summed E-state index contributed by atoms with van der Waals surface area (Å²) in [5, 5.41) is 3.19. The molecule has 2 aromatic heterocycles. The first-order valence-corrected chi connectivity index (χ1v) is 5.21. The highest BCUT2D eigenvalue weighted by molar-refractivity contribution is 5.44. The van der Waals surface area contributed by atoms with Gasteiger partial charge in [-0.1, -0.05) is 12.1 Å². The van der Waals surface area contributed by atoms with E-state index in [1.54, 1.807) is 6.26 Å². The number of hydrogen-bond acceptors (Lipinski definition) is 3. The van der Waals surface area contributed by atoms with Crippen LogP contribution in [0.3, 0.4) is 0 Å². The maximum atomic E-state index is 5.17. The molecule has 0 atom stereocenters. The zero-order chi connectivity index (χ0) is 11.2. The zero-order valence-electron chi connectivity index (χ0n) is 9.18. The van der Waals surface area contributed by atoms with Crippen LogP contribution in [-0.4, -0.2) is 11.5 Å². The van der Waals surface area contributed by atoms with Gasteiger partial charge in [-0.3, -0.25) is 0 Å². The van der Waals surface area contributed by atoms with Gasteiger partial charge in [0.05, 0.1) is 6.26 Å². The van der Waals surface area contributed by atoms with E-state index in [1.807, 2.05) is 49.5 Å². The van der Waals surface area contributed by atoms with Crippen molar-refractivity contribution in [2.45, 2.75) is 6.92 Å². The van der Waals surface area contributed by atoms with Crippen molar-refractivity contribution in [3.05, 3.63) is 54.1 Å². The third-order valence-corrected chi connectivity index (χ3v) is 2.14. The summed E-state index contributed by atoms with van der Waals surface area (Å²) < 4.78 is 5.17. The number of pyridine rings is 1. The van der Waals surface area contributed by atoms with Crippen molar-refractivity contribution >= 4 is 11.9 Å². The number of nitrogens with zero attached hydrogens (tertiary/aromatic N) is 1. The van der Waals surface area contributed by atoms with E-state index in [0.29, 0.717) is 0 Å². The molecule has 82 valence electrons. The van der Waals surface area contributed by atoms with Crippen molar-refractivity contribution < 1.29 is 4.42 Å². The van der Waals surface area contributed by atoms with E-state index in [1.165, 1.54) is 0 Å². The van der Waals surface area contributed by atoms with Gasteiger partial charge in [-0.15, -0.1) is 0 Å². The first-order valence-electron chi connectivity index (χ1n) is 5.21. The summed E-state index contributed by atoms with van der Waals surface area (Å²) in [4.78, 5) is 4.24. The van der Waals surface area contributed by atoms with Crippen LogP contribution in [0.4, 0.5) is 5.82 Å². The van der Waals surface area contributed by atoms with Crippen LogP contribution in [0.1, 0.15) is 11.3 Å². The van der Waals surface area contributed by atoms with E-state index in [2.05, 4.69) is 10.3 Å². The van der Waals surface area contributed by atoms with Gasteiger partial charge in [0.25, 0.3) is 0 Å². The number of rotatable bonds is 4. The topological polar surface area (TPSA) is 38.1 Å². The Labute approximate surface area is 94.8 Å². The van der Waals surface area contributed by atoms with Crippen LogP contribution >= 0.6 is 0 Å². The Hall–Kier alpha value is -2.03. The van der Waals surface area contributed by atoms with Crippen LogP contribution in [0.15, 0.2) is 47.2 Å². The van der Waals surface area contributed by atoms with Gasteiger partial charge in [0.1, 0.15) is 11.6 Å². The molecule has 0 aliphatic carbocycles. The minimum atomic E-state index is 0.733. The predicted molar refractivity (Wildman–Crippen MR) is 65.2 cm³/mol. The summed E-state index contributed by atoms with van der Waals surface area (Å²) in [6.07, 6.45) is 7.44. The molecular weight excluding hydrogens is 200 g/mol. The summed E-state index contributed by atoms with van der Waals surface area (Å²) in [7, 11) is 0. The van der Waals surface area contributed by atoms with Crippen molar-refractivity contribution in [1.82, 2.24) is 4.98 Å². The average Bonchev–Trinajstić information content (AvgIpc) is 2.80. The number of nitrogens with one attached hydrogen (secondary N) is 1. The molecule has 0 aliphatic rings. The molecule has 0 unspecified atom stereocenters. The summed E-state index contributed by atoms with van der Waals surface area (Å²) in [5.74, 6) is 1.74. The molecule has 0 spiro atoms. The van der Waals surface area contributed by atoms with Gasteiger partial charge >= 0.3 is 0 Å². The molecule has 0 radical (unpaired) electrons. The molecule has 3 heteroatoms. The van der Waals surface area contributed by atoms with E-state index in [-0.39, 0.29) is 0 Å². The van der Waals surface area contributed by atoms with E-state index in [4.69, 9.17) is 4.42 Å². The molecule has 0 aromatic carbocycles. The molecule has 16 heavy (non-hydrogen) atoms. The van der Waals surface area contributed by atoms with Crippen molar-refractivity contribution in [3.8, 4) is 0 Å². The van der Waals surface area contributed by atoms with Crippen LogP contribution in [0.5, 0.6) is 0 Å². The molecule has 2 heterocycles. The largest absolute Gasteiger partial charge is 0.465 e. The van der Waals surface area contributed by atoms with Crippen LogP contribution in [0, 0.1) is 6.92 Å². The van der Waals surface area contributed by atoms with E-state index >= 15 is 0 Å². The van der Waals surface area contributed by atoms with E-state index < -0.39 is 0 Å². The van der Waals surface area contributed by atoms with Crippen LogP contribution in [0.25, 0.3) is 6.08 Å². The van der Waals surface area contributed by atoms with E-state index in [0.717, 1.165) is 23.7 Å². The monoisotopic (exact) mass is 214 g/mol. The second-order valence-corrected chi connectivity index (χ2v) is 3.52. The molecule has 0 bridgehead atoms. The zero-order valence-corrected chi connectivity index (χ0v) is 9.18. The highest BCUT2D eigenvalue weighted by atomic mass is 16.3. The maximum absolute atomic E-state index is 5.17. The molecule has 0 saturated carbocycles. The number of furan rings is 1. The predicted octanol–water partition coefficient (Wildman–Crippen LogP) is 3.11. The third kappa shape index (κ3) is 2.98. The minimum absolute atomic E-state index is 0.733. The van der Waals surface area contributed by atoms with Gasteiger partial charge in [0.2, 0.25) is 0 Å². The lowest BCUT2D eigenvalue weighted by molar-refractivity contribution is 0.557. The van der Waals surface area contributed by atoms with Gasteiger partial charge in [-0.05, 0) is 36.8 Å². The highest BCUT2D eigenvalue weighted by Gasteiger charge is 1.90. The second-order valence-electron chi connectivity index (χ2n) is 3.52. The van der Waals surface area contributed by atoms with Crippen molar-refractivity contribution in [2.75, 3.05) is 11.9 Å². The summed E-state index contributed by atoms with van der Waals surface area (Å²) >= 11 is 0. The van der Waals surface area contributed by atoms with Crippen LogP contribution in [0.2, 0.25) is 0 Å². The lowest BCUT2D eigenvalue weighted by atomic mass is 10.3. The Balaban J connectivity index is 1.82. The smallest absolute Gasteiger partial charge is 0.126 e. The lowest BCUT2D eigenvalue weighted by Crippen LogP contribution is -1.99. The SMILES string of the molecule is Cc1ccc(NC/C=C/c2ccco2)nc1. The van der Waals surface area contributed by atoms with Gasteiger partial charge in [-0.25, -0.2) is 4.98 Å². The molecule has 2 rings (SSSR count). The van der Waals surface area contributed by atoms with Crippen molar-refractivity contribution in [1.29, 1.82) is 0 Å². The van der Waals surface area contributed by atoms with Gasteiger partial charge < -0.3 is 9.73 Å². The Morgan fingerprint density at radius 2 is 2.31 bits per heavy atom. The second kappa shape index (κ2) is 5.16. The molecule has 0 aliphatic heterocycles. The number of hydrogen-bond donors (Lipinski definition) is 1. The van der Waals surface area contributed by atoms with Gasteiger partial charge in [0, 0.05) is 12.7 Å². The molecule has 3 nitrogen and oxygen atoms in total. The quantitative estimate of drug-likeness (QED) is 0.849. The fourth-order valence-corrected chi connectivity index (χ4v) is 1.30. The van der Waals surface area contributed by atoms with Gasteiger partial charge in [0.15, 0.2) is 0 Å². The standard InChI is InChI=1S/C13H14N2O/c1-11-6-7-13(15-10-11)14-8-2-4-12-5-3-9-16-12/h2-7,9-10H,8H2,1H3,(H,14,15)/b4-2+. The molecule has 0 saturated heterocycles. The molecule has 1 N–H and O–H groups in total. The number of anilines is 1. The van der Waals surface area contributed by atoms with Crippen molar-refractivity contribution in [3.63, 3.8) is 0 Å². The Morgan fingerprint density at radius 1 is 1.38 bits per heavy atom. The molecule has 2 aromatic rings. The van der Waals surface area contributed by atoms with E-state index in [9.17, 15) is 0 Å². The summed E-state index contributed by atoms with van der Waals surface area (Å²) in [6.45, 7) is 2.75. The van der Waals surface area contributed by atoms with Gasteiger partial charge in [-0.2, -0.15) is 0 Å². The number of aryl methyl sites for hydroxylation is 1. The lowest BCUT2D eigenvalue weighted by Gasteiger charge is -2.01. The molecular formula is C13H14N2O. The molecule has 0 amide bonds. The fourth-order valence-electron chi connectivity index (χ4n) is 1.30. The summed E-state index contributed by atoms with van der Waals surface area (Å²) in [6, 6.07) is 7.79. The average molecular weight is 214 g/mol. The molecule has 0 fully saturated rings. The Bertz CT molecular complexity index is 443. The fraction of sp³-hybridized carbons (Fsp3) is 0.154. The first kappa shape index (κ1) is 10.5. The first-order chi connectivity index (χ1) is 7.84.